The van der Waals surface area contributed by atoms with Crippen LogP contribution in [0.1, 0.15) is 29.0 Å². The zero-order chi connectivity index (χ0) is 12.7. The van der Waals surface area contributed by atoms with Gasteiger partial charge in [-0.1, -0.05) is 0 Å². The van der Waals surface area contributed by atoms with Crippen molar-refractivity contribution in [1.29, 1.82) is 0 Å². The summed E-state index contributed by atoms with van der Waals surface area (Å²) in [5.74, 6) is -0.103. The molecule has 17 heavy (non-hydrogen) atoms. The monoisotopic (exact) mass is 239 g/mol. The molecule has 0 fully saturated rings. The maximum atomic E-state index is 11.5. The summed E-state index contributed by atoms with van der Waals surface area (Å²) in [5, 5.41) is 8.69. The molecule has 0 atom stereocenters. The molecule has 1 aromatic heterocycles. The van der Waals surface area contributed by atoms with Gasteiger partial charge in [-0.25, -0.2) is 9.78 Å². The smallest absolute Gasteiger partial charge is 0.360 e. The van der Waals surface area contributed by atoms with Crippen LogP contribution in [-0.4, -0.2) is 36.9 Å². The molecule has 0 aliphatic heterocycles. The first-order valence-corrected chi connectivity index (χ1v) is 5.46. The molecule has 0 saturated carbocycles. The minimum atomic E-state index is -0.508. The maximum absolute atomic E-state index is 11.5. The molecule has 1 aromatic rings. The van der Waals surface area contributed by atoms with Gasteiger partial charge in [-0.3, -0.25) is 0 Å². The zero-order valence-corrected chi connectivity index (χ0v) is 10.1. The van der Waals surface area contributed by atoms with Crippen LogP contribution in [0.2, 0.25) is 0 Å². The van der Waals surface area contributed by atoms with Crippen molar-refractivity contribution in [2.24, 2.45) is 0 Å². The van der Waals surface area contributed by atoms with Crippen molar-refractivity contribution in [3.63, 3.8) is 0 Å². The number of methoxy groups -OCH3 is 2. The van der Waals surface area contributed by atoms with Gasteiger partial charge in [-0.05, 0) is 31.4 Å². The highest BCUT2D eigenvalue weighted by Gasteiger charge is 2.15. The van der Waals surface area contributed by atoms with E-state index in [0.717, 1.165) is 18.5 Å². The highest BCUT2D eigenvalue weighted by Crippen LogP contribution is 2.18. The molecule has 0 radical (unpaired) electrons. The van der Waals surface area contributed by atoms with Crippen LogP contribution < -0.4 is 4.74 Å². The normalized spacial score (nSPS) is 10.1. The SMILES string of the molecule is COC(=O)c1nc(CCCCO)ccc1OC. The van der Waals surface area contributed by atoms with E-state index < -0.39 is 5.97 Å². The summed E-state index contributed by atoms with van der Waals surface area (Å²) in [6, 6.07) is 3.51. The summed E-state index contributed by atoms with van der Waals surface area (Å²) >= 11 is 0. The Hall–Kier alpha value is -1.62. The third kappa shape index (κ3) is 3.71. The highest BCUT2D eigenvalue weighted by molar-refractivity contribution is 5.90. The average molecular weight is 239 g/mol. The lowest BCUT2D eigenvalue weighted by Crippen LogP contribution is -2.08. The highest BCUT2D eigenvalue weighted by atomic mass is 16.5. The second kappa shape index (κ2) is 6.85. The topological polar surface area (TPSA) is 68.7 Å². The summed E-state index contributed by atoms with van der Waals surface area (Å²) in [7, 11) is 2.79. The molecular weight excluding hydrogens is 222 g/mol. The Labute approximate surface area is 100 Å². The fraction of sp³-hybridized carbons (Fsp3) is 0.500. The molecule has 0 amide bonds. The molecule has 0 unspecified atom stereocenters. The molecule has 1 N–H and O–H groups in total. The molecular formula is C12H17NO4. The number of aliphatic hydroxyl groups excluding tert-OH is 1. The molecule has 5 nitrogen and oxygen atoms in total. The van der Waals surface area contributed by atoms with Gasteiger partial charge in [0.2, 0.25) is 0 Å². The molecule has 0 aliphatic rings. The van der Waals surface area contributed by atoms with Gasteiger partial charge < -0.3 is 14.6 Å². The average Bonchev–Trinajstić information content (AvgIpc) is 2.38. The van der Waals surface area contributed by atoms with E-state index in [0.29, 0.717) is 12.2 Å². The summed E-state index contributed by atoms with van der Waals surface area (Å²) in [5.41, 5.74) is 0.983. The van der Waals surface area contributed by atoms with Crippen LogP contribution in [0.15, 0.2) is 12.1 Å². The van der Waals surface area contributed by atoms with E-state index in [1.165, 1.54) is 14.2 Å². The molecule has 0 spiro atoms. The van der Waals surface area contributed by atoms with Crippen molar-refractivity contribution in [2.45, 2.75) is 19.3 Å². The second-order valence-electron chi connectivity index (χ2n) is 3.53. The van der Waals surface area contributed by atoms with E-state index in [1.54, 1.807) is 6.07 Å². The van der Waals surface area contributed by atoms with Crippen LogP contribution in [0.25, 0.3) is 0 Å². The van der Waals surface area contributed by atoms with Gasteiger partial charge in [0.05, 0.1) is 14.2 Å². The zero-order valence-electron chi connectivity index (χ0n) is 10.1. The van der Waals surface area contributed by atoms with E-state index in [9.17, 15) is 4.79 Å². The van der Waals surface area contributed by atoms with Gasteiger partial charge >= 0.3 is 5.97 Å². The van der Waals surface area contributed by atoms with Crippen LogP contribution in [0.5, 0.6) is 5.75 Å². The molecule has 0 bridgehead atoms. The van der Waals surface area contributed by atoms with Crippen molar-refractivity contribution in [3.05, 3.63) is 23.5 Å². The van der Waals surface area contributed by atoms with Gasteiger partial charge in [0.1, 0.15) is 0 Å². The minimum Gasteiger partial charge on any atom is -0.494 e. The van der Waals surface area contributed by atoms with Crippen LogP contribution >= 0.6 is 0 Å². The van der Waals surface area contributed by atoms with Crippen LogP contribution in [0.3, 0.4) is 0 Å². The summed E-state index contributed by atoms with van der Waals surface area (Å²) in [6.45, 7) is 0.167. The Balaban J connectivity index is 2.85. The summed E-state index contributed by atoms with van der Waals surface area (Å²) in [6.07, 6.45) is 2.27. The van der Waals surface area contributed by atoms with E-state index >= 15 is 0 Å². The summed E-state index contributed by atoms with van der Waals surface area (Å²) < 4.78 is 9.68. The fourth-order valence-electron chi connectivity index (χ4n) is 1.45. The molecule has 0 saturated heterocycles. The number of carbonyl (C=O) groups excluding carboxylic acids is 1. The van der Waals surface area contributed by atoms with Crippen molar-refractivity contribution in [1.82, 2.24) is 4.98 Å². The minimum absolute atomic E-state index is 0.167. The lowest BCUT2D eigenvalue weighted by molar-refractivity contribution is 0.0589. The Morgan fingerprint density at radius 1 is 1.35 bits per heavy atom. The molecule has 5 heteroatoms. The Kier molecular flexibility index (Phi) is 5.42. The number of hydrogen-bond acceptors (Lipinski definition) is 5. The van der Waals surface area contributed by atoms with Crippen molar-refractivity contribution in [3.8, 4) is 5.75 Å². The number of aryl methyl sites for hydroxylation is 1. The number of carbonyl (C=O) groups is 1. The Bertz CT molecular complexity index is 379. The van der Waals surface area contributed by atoms with Crippen molar-refractivity contribution >= 4 is 5.97 Å². The standard InChI is InChI=1S/C12H17NO4/c1-16-10-7-6-9(5-3-4-8-14)13-11(10)12(15)17-2/h6-7,14H,3-5,8H2,1-2H3. The molecule has 0 aromatic carbocycles. The predicted octanol–water partition coefficient (Wildman–Crippen LogP) is 1.19. The van der Waals surface area contributed by atoms with Crippen molar-refractivity contribution < 1.29 is 19.4 Å². The molecule has 1 rings (SSSR count). The first-order chi connectivity index (χ1) is 8.22. The number of hydrogen-bond donors (Lipinski definition) is 1. The molecule has 1 heterocycles. The number of esters is 1. The van der Waals surface area contributed by atoms with E-state index in [2.05, 4.69) is 9.72 Å². The number of aliphatic hydroxyl groups is 1. The molecule has 94 valence electrons. The van der Waals surface area contributed by atoms with Gasteiger partial charge in [-0.2, -0.15) is 0 Å². The lowest BCUT2D eigenvalue weighted by atomic mass is 10.1. The fourth-order valence-corrected chi connectivity index (χ4v) is 1.45. The van der Waals surface area contributed by atoms with Crippen molar-refractivity contribution in [2.75, 3.05) is 20.8 Å². The van der Waals surface area contributed by atoms with Crippen LogP contribution in [-0.2, 0) is 11.2 Å². The summed E-state index contributed by atoms with van der Waals surface area (Å²) in [4.78, 5) is 15.7. The number of unbranched alkanes of at least 4 members (excludes halogenated alkanes) is 1. The van der Waals surface area contributed by atoms with Gasteiger partial charge in [0.25, 0.3) is 0 Å². The van der Waals surface area contributed by atoms with Crippen LogP contribution in [0, 0.1) is 0 Å². The maximum Gasteiger partial charge on any atom is 0.360 e. The number of aromatic nitrogens is 1. The Morgan fingerprint density at radius 2 is 2.12 bits per heavy atom. The quantitative estimate of drug-likeness (QED) is 0.596. The van der Waals surface area contributed by atoms with E-state index in [1.807, 2.05) is 6.07 Å². The number of pyridine rings is 1. The van der Waals surface area contributed by atoms with Crippen LogP contribution in [0.4, 0.5) is 0 Å². The lowest BCUT2D eigenvalue weighted by Gasteiger charge is -2.08. The predicted molar refractivity (Wildman–Crippen MR) is 62.2 cm³/mol. The van der Waals surface area contributed by atoms with Gasteiger partial charge in [0.15, 0.2) is 11.4 Å². The largest absolute Gasteiger partial charge is 0.494 e. The number of nitrogens with zero attached hydrogens (tertiary/aromatic N) is 1. The molecule has 0 aliphatic carbocycles. The number of ether oxygens (including phenoxy) is 2. The van der Waals surface area contributed by atoms with Gasteiger partial charge in [-0.15, -0.1) is 0 Å². The Morgan fingerprint density at radius 3 is 2.71 bits per heavy atom. The first-order valence-electron chi connectivity index (χ1n) is 5.46. The van der Waals surface area contributed by atoms with Gasteiger partial charge in [0, 0.05) is 12.3 Å². The third-order valence-corrected chi connectivity index (χ3v) is 2.36. The van der Waals surface area contributed by atoms with E-state index in [-0.39, 0.29) is 12.3 Å². The third-order valence-electron chi connectivity index (χ3n) is 2.36. The first kappa shape index (κ1) is 13.4. The second-order valence-corrected chi connectivity index (χ2v) is 3.53. The number of rotatable bonds is 6. The van der Waals surface area contributed by atoms with E-state index in [4.69, 9.17) is 9.84 Å².